The lowest BCUT2D eigenvalue weighted by molar-refractivity contribution is -0.126. The van der Waals surface area contributed by atoms with Crippen LogP contribution in [0.25, 0.3) is 11.5 Å². The highest BCUT2D eigenvalue weighted by Crippen LogP contribution is 2.37. The fourth-order valence-electron chi connectivity index (χ4n) is 4.29. The molecule has 0 unspecified atom stereocenters. The molecule has 0 radical (unpaired) electrons. The van der Waals surface area contributed by atoms with Crippen LogP contribution in [0.1, 0.15) is 23.0 Å². The summed E-state index contributed by atoms with van der Waals surface area (Å²) in [6, 6.07) is 19.8. The molecule has 5 rings (SSSR count). The summed E-state index contributed by atoms with van der Waals surface area (Å²) in [6.07, 6.45) is 1.54. The van der Waals surface area contributed by atoms with Crippen molar-refractivity contribution in [2.45, 2.75) is 25.6 Å². The van der Waals surface area contributed by atoms with Crippen molar-refractivity contribution in [3.05, 3.63) is 89.3 Å². The molecule has 1 aliphatic rings. The minimum Gasteiger partial charge on any atom is -0.495 e. The van der Waals surface area contributed by atoms with Gasteiger partial charge in [0.25, 0.3) is 5.91 Å². The zero-order valence-corrected chi connectivity index (χ0v) is 20.0. The molecular formula is C26H23ClN4O4. The van der Waals surface area contributed by atoms with E-state index in [4.69, 9.17) is 20.8 Å². The van der Waals surface area contributed by atoms with Crippen molar-refractivity contribution < 1.29 is 18.7 Å². The van der Waals surface area contributed by atoms with E-state index in [0.717, 1.165) is 5.56 Å². The van der Waals surface area contributed by atoms with Gasteiger partial charge >= 0.3 is 0 Å². The van der Waals surface area contributed by atoms with E-state index in [2.05, 4.69) is 10.4 Å². The summed E-state index contributed by atoms with van der Waals surface area (Å²) in [5.41, 5.74) is 0.996. The summed E-state index contributed by atoms with van der Waals surface area (Å²) in [5.74, 6) is 0.316. The molecule has 2 amide bonds. The lowest BCUT2D eigenvalue weighted by atomic mass is 9.93. The largest absolute Gasteiger partial charge is 0.495 e. The van der Waals surface area contributed by atoms with Crippen LogP contribution in [0.3, 0.4) is 0 Å². The molecule has 178 valence electrons. The second-order valence-corrected chi connectivity index (χ2v) is 8.86. The number of hydrogen-bond donors (Lipinski definition) is 1. The van der Waals surface area contributed by atoms with Crippen LogP contribution in [0.5, 0.6) is 5.75 Å². The SMILES string of the molecule is COc1ccc(N2C(=O)c3cc(-c4ccco4)nn3C[C@@]2(C)C(=O)NCc2ccccc2)cc1Cl. The molecule has 2 aromatic carbocycles. The second-order valence-electron chi connectivity index (χ2n) is 8.45. The Bertz CT molecular complexity index is 1380. The molecular weight excluding hydrogens is 468 g/mol. The van der Waals surface area contributed by atoms with E-state index in [9.17, 15) is 9.59 Å². The topological polar surface area (TPSA) is 89.6 Å². The van der Waals surface area contributed by atoms with Crippen molar-refractivity contribution in [2.24, 2.45) is 0 Å². The third-order valence-electron chi connectivity index (χ3n) is 6.11. The second kappa shape index (κ2) is 8.96. The van der Waals surface area contributed by atoms with Gasteiger partial charge in [-0.25, -0.2) is 0 Å². The lowest BCUT2D eigenvalue weighted by Gasteiger charge is -2.43. The van der Waals surface area contributed by atoms with Crippen molar-refractivity contribution >= 4 is 29.1 Å². The normalized spacial score (nSPS) is 17.2. The van der Waals surface area contributed by atoms with Crippen LogP contribution in [0.4, 0.5) is 5.69 Å². The highest BCUT2D eigenvalue weighted by Gasteiger charge is 2.49. The highest BCUT2D eigenvalue weighted by atomic mass is 35.5. The van der Waals surface area contributed by atoms with Gasteiger partial charge in [-0.05, 0) is 42.8 Å². The Hall–Kier alpha value is -4.04. The number of carbonyl (C=O) groups excluding carboxylic acids is 2. The smallest absolute Gasteiger partial charge is 0.277 e. The number of ether oxygens (including phenoxy) is 1. The van der Waals surface area contributed by atoms with E-state index >= 15 is 0 Å². The Morgan fingerprint density at radius 2 is 1.97 bits per heavy atom. The number of nitrogens with one attached hydrogen (secondary N) is 1. The predicted octanol–water partition coefficient (Wildman–Crippen LogP) is 4.54. The van der Waals surface area contributed by atoms with Gasteiger partial charge in [0, 0.05) is 18.3 Å². The van der Waals surface area contributed by atoms with E-state index in [1.54, 1.807) is 54.3 Å². The fourth-order valence-corrected chi connectivity index (χ4v) is 4.55. The molecule has 1 N–H and O–H groups in total. The van der Waals surface area contributed by atoms with Crippen molar-refractivity contribution in [2.75, 3.05) is 12.0 Å². The number of carbonyl (C=O) groups is 2. The van der Waals surface area contributed by atoms with Gasteiger partial charge in [0.1, 0.15) is 22.7 Å². The number of halogens is 1. The minimum atomic E-state index is -1.29. The van der Waals surface area contributed by atoms with Gasteiger partial charge in [0.05, 0.1) is 24.9 Å². The molecule has 9 heteroatoms. The van der Waals surface area contributed by atoms with Crippen LogP contribution in [0, 0.1) is 0 Å². The first-order chi connectivity index (χ1) is 16.9. The van der Waals surface area contributed by atoms with Crippen LogP contribution >= 0.6 is 11.6 Å². The van der Waals surface area contributed by atoms with Gasteiger partial charge in [-0.2, -0.15) is 5.10 Å². The lowest BCUT2D eigenvalue weighted by Crippen LogP contribution is -2.64. The molecule has 1 atom stereocenters. The molecule has 8 nitrogen and oxygen atoms in total. The van der Waals surface area contributed by atoms with Crippen LogP contribution < -0.4 is 15.0 Å². The number of anilines is 1. The first-order valence-corrected chi connectivity index (χ1v) is 11.4. The summed E-state index contributed by atoms with van der Waals surface area (Å²) in [7, 11) is 1.52. The Balaban J connectivity index is 1.56. The molecule has 4 aromatic rings. The fraction of sp³-hybridized carbons (Fsp3) is 0.192. The number of fused-ring (bicyclic) bond motifs is 1. The average molecular weight is 491 g/mol. The maximum atomic E-state index is 13.8. The Morgan fingerprint density at radius 1 is 1.17 bits per heavy atom. The van der Waals surface area contributed by atoms with Gasteiger partial charge in [-0.1, -0.05) is 41.9 Å². The zero-order chi connectivity index (χ0) is 24.6. The minimum absolute atomic E-state index is 0.138. The van der Waals surface area contributed by atoms with E-state index < -0.39 is 5.54 Å². The molecule has 2 aromatic heterocycles. The number of amides is 2. The van der Waals surface area contributed by atoms with Crippen molar-refractivity contribution in [1.29, 1.82) is 0 Å². The van der Waals surface area contributed by atoms with Gasteiger partial charge in [0.15, 0.2) is 5.76 Å². The molecule has 35 heavy (non-hydrogen) atoms. The number of aromatic nitrogens is 2. The van der Waals surface area contributed by atoms with Crippen molar-refractivity contribution in [1.82, 2.24) is 15.1 Å². The average Bonchev–Trinajstić information content (AvgIpc) is 3.53. The maximum Gasteiger partial charge on any atom is 0.277 e. The Labute approximate surface area is 207 Å². The van der Waals surface area contributed by atoms with Crippen LogP contribution in [-0.2, 0) is 17.9 Å². The van der Waals surface area contributed by atoms with Gasteiger partial charge < -0.3 is 14.5 Å². The number of benzene rings is 2. The van der Waals surface area contributed by atoms with E-state index in [1.807, 2.05) is 30.3 Å². The van der Waals surface area contributed by atoms with Crippen LogP contribution in [-0.4, -0.2) is 34.2 Å². The molecule has 0 fully saturated rings. The maximum absolute atomic E-state index is 13.8. The number of furan rings is 1. The summed E-state index contributed by atoms with van der Waals surface area (Å²) >= 11 is 6.39. The number of rotatable bonds is 6. The Morgan fingerprint density at radius 3 is 2.66 bits per heavy atom. The van der Waals surface area contributed by atoms with E-state index in [-0.39, 0.29) is 18.4 Å². The van der Waals surface area contributed by atoms with E-state index in [0.29, 0.717) is 40.2 Å². The van der Waals surface area contributed by atoms with Crippen LogP contribution in [0.2, 0.25) is 5.02 Å². The summed E-state index contributed by atoms with van der Waals surface area (Å²) < 4.78 is 12.3. The first-order valence-electron chi connectivity index (χ1n) is 11.0. The van der Waals surface area contributed by atoms with Gasteiger partial charge in [-0.3, -0.25) is 19.2 Å². The predicted molar refractivity (Wildman–Crippen MR) is 131 cm³/mol. The van der Waals surface area contributed by atoms with Gasteiger partial charge in [-0.15, -0.1) is 0 Å². The van der Waals surface area contributed by atoms with Crippen molar-refractivity contribution in [3.8, 4) is 17.2 Å². The molecule has 0 saturated carbocycles. The third kappa shape index (κ3) is 4.06. The quantitative estimate of drug-likeness (QED) is 0.428. The number of nitrogens with zero attached hydrogens (tertiary/aromatic N) is 3. The summed E-state index contributed by atoms with van der Waals surface area (Å²) in [5, 5.41) is 7.88. The molecule has 3 heterocycles. The molecule has 0 aliphatic carbocycles. The number of hydrogen-bond acceptors (Lipinski definition) is 5. The Kier molecular flexibility index (Phi) is 5.82. The van der Waals surface area contributed by atoms with Gasteiger partial charge in [0.2, 0.25) is 5.91 Å². The standard InChI is InChI=1S/C26H23ClN4O4/c1-26(25(33)28-15-17-7-4-3-5-8-17)16-30-21(14-20(29-30)23-9-6-12-35-23)24(32)31(26)18-10-11-22(34-2)19(27)13-18/h3-14H,15-16H2,1-2H3,(H,28,33)/t26-/m0/s1. The van der Waals surface area contributed by atoms with Crippen LogP contribution in [0.15, 0.2) is 77.4 Å². The molecule has 1 aliphatic heterocycles. The summed E-state index contributed by atoms with van der Waals surface area (Å²) in [6.45, 7) is 2.18. The number of methoxy groups -OCH3 is 1. The third-order valence-corrected chi connectivity index (χ3v) is 6.40. The zero-order valence-electron chi connectivity index (χ0n) is 19.2. The molecule has 0 bridgehead atoms. The highest BCUT2D eigenvalue weighted by molar-refractivity contribution is 6.32. The monoisotopic (exact) mass is 490 g/mol. The summed E-state index contributed by atoms with van der Waals surface area (Å²) in [4.78, 5) is 29.0. The first kappa shape index (κ1) is 22.7. The molecule has 0 spiro atoms. The molecule has 0 saturated heterocycles. The van der Waals surface area contributed by atoms with Crippen molar-refractivity contribution in [3.63, 3.8) is 0 Å². The van der Waals surface area contributed by atoms with E-state index in [1.165, 1.54) is 12.0 Å².